The maximum atomic E-state index is 11.8. The van der Waals surface area contributed by atoms with Gasteiger partial charge >= 0.3 is 12.2 Å². The van der Waals surface area contributed by atoms with Crippen molar-refractivity contribution in [2.24, 2.45) is 0 Å². The van der Waals surface area contributed by atoms with E-state index in [1.807, 2.05) is 5.32 Å². The van der Waals surface area contributed by atoms with E-state index in [-0.39, 0.29) is 19.2 Å². The molecular weight excluding hydrogens is 267 g/mol. The van der Waals surface area contributed by atoms with Crippen molar-refractivity contribution in [1.29, 1.82) is 0 Å². The Balaban J connectivity index is 2.27. The molecule has 0 aromatic rings. The third-order valence-electron chi connectivity index (χ3n) is 2.50. The average Bonchev–Trinajstić information content (AvgIpc) is 3.08. The van der Waals surface area contributed by atoms with E-state index < -0.39 is 24.7 Å². The maximum Gasteiger partial charge on any atom is 0.405 e. The molecule has 0 aromatic carbocycles. The molecule has 0 spiro atoms. The number of imide groups is 1. The molecule has 1 rings (SSSR count). The summed E-state index contributed by atoms with van der Waals surface area (Å²) in [5.74, 6) is -0.694. The average molecular weight is 283 g/mol. The van der Waals surface area contributed by atoms with E-state index in [0.29, 0.717) is 6.54 Å². The predicted octanol–water partition coefficient (Wildman–Crippen LogP) is -0.169. The fourth-order valence-corrected chi connectivity index (χ4v) is 1.53. The molecule has 1 fully saturated rings. The highest BCUT2D eigenvalue weighted by Gasteiger charge is 2.31. The molecule has 0 aromatic heterocycles. The van der Waals surface area contributed by atoms with Gasteiger partial charge in [0.25, 0.3) is 0 Å². The second-order valence-electron chi connectivity index (χ2n) is 4.27. The molecule has 0 bridgehead atoms. The van der Waals surface area contributed by atoms with Crippen molar-refractivity contribution in [3.63, 3.8) is 0 Å². The van der Waals surface area contributed by atoms with Gasteiger partial charge in [-0.1, -0.05) is 0 Å². The van der Waals surface area contributed by atoms with Gasteiger partial charge in [0.1, 0.15) is 6.54 Å². The number of amides is 3. The number of alkyl halides is 3. The van der Waals surface area contributed by atoms with Crippen molar-refractivity contribution >= 4 is 11.9 Å². The first-order valence-electron chi connectivity index (χ1n) is 5.81. The van der Waals surface area contributed by atoms with Crippen LogP contribution in [-0.2, 0) is 4.79 Å². The van der Waals surface area contributed by atoms with E-state index in [1.165, 1.54) is 5.32 Å². The Labute approximate surface area is 107 Å². The standard InChI is InChI=1S/C10H16F3N3O3/c11-10(12,13)6-14-9(19)15-8(18)5-16(3-4-17)7-1-2-7/h7,17H,1-6H2,(H2,14,15,18,19). The fraction of sp³-hybridized carbons (Fsp3) is 0.800. The molecule has 1 aliphatic rings. The molecule has 1 saturated carbocycles. The Morgan fingerprint density at radius 2 is 1.95 bits per heavy atom. The number of carbonyl (C=O) groups excluding carboxylic acids is 2. The number of carbonyl (C=O) groups is 2. The molecule has 110 valence electrons. The number of nitrogens with zero attached hydrogens (tertiary/aromatic N) is 1. The molecule has 9 heteroatoms. The Morgan fingerprint density at radius 1 is 1.32 bits per heavy atom. The minimum atomic E-state index is -4.52. The lowest BCUT2D eigenvalue weighted by molar-refractivity contribution is -0.125. The Hall–Kier alpha value is -1.35. The van der Waals surface area contributed by atoms with Gasteiger partial charge in [-0.25, -0.2) is 4.79 Å². The Morgan fingerprint density at radius 3 is 2.42 bits per heavy atom. The van der Waals surface area contributed by atoms with Crippen molar-refractivity contribution in [3.05, 3.63) is 0 Å². The van der Waals surface area contributed by atoms with Crippen LogP contribution >= 0.6 is 0 Å². The number of halogens is 3. The lowest BCUT2D eigenvalue weighted by Crippen LogP contribution is -2.47. The number of aliphatic hydroxyl groups is 1. The lowest BCUT2D eigenvalue weighted by atomic mass is 10.4. The first-order valence-corrected chi connectivity index (χ1v) is 5.81. The maximum absolute atomic E-state index is 11.8. The minimum absolute atomic E-state index is 0.120. The summed E-state index contributed by atoms with van der Waals surface area (Å²) in [6.07, 6.45) is -2.70. The number of hydrogen-bond acceptors (Lipinski definition) is 4. The van der Waals surface area contributed by atoms with E-state index in [1.54, 1.807) is 4.90 Å². The summed E-state index contributed by atoms with van der Waals surface area (Å²) in [5.41, 5.74) is 0. The largest absolute Gasteiger partial charge is 0.405 e. The molecule has 6 nitrogen and oxygen atoms in total. The number of aliphatic hydroxyl groups excluding tert-OH is 1. The first kappa shape index (κ1) is 15.7. The van der Waals surface area contributed by atoms with Gasteiger partial charge in [0.15, 0.2) is 0 Å². The van der Waals surface area contributed by atoms with Crippen LogP contribution < -0.4 is 10.6 Å². The number of rotatable bonds is 6. The van der Waals surface area contributed by atoms with Crippen molar-refractivity contribution in [3.8, 4) is 0 Å². The predicted molar refractivity (Wildman–Crippen MR) is 59.3 cm³/mol. The van der Waals surface area contributed by atoms with Gasteiger partial charge in [0.05, 0.1) is 13.2 Å². The third kappa shape index (κ3) is 6.97. The zero-order valence-electron chi connectivity index (χ0n) is 10.2. The molecular formula is C10H16F3N3O3. The Bertz CT molecular complexity index is 332. The monoisotopic (exact) mass is 283 g/mol. The van der Waals surface area contributed by atoms with Crippen LogP contribution in [0.5, 0.6) is 0 Å². The van der Waals surface area contributed by atoms with Crippen molar-refractivity contribution in [2.45, 2.75) is 25.1 Å². The van der Waals surface area contributed by atoms with Crippen LogP contribution in [0.15, 0.2) is 0 Å². The van der Waals surface area contributed by atoms with E-state index >= 15 is 0 Å². The highest BCUT2D eigenvalue weighted by Crippen LogP contribution is 2.25. The first-order chi connectivity index (χ1) is 8.81. The number of nitrogens with one attached hydrogen (secondary N) is 2. The number of hydrogen-bond donors (Lipinski definition) is 3. The van der Waals surface area contributed by atoms with E-state index in [4.69, 9.17) is 5.11 Å². The lowest BCUT2D eigenvalue weighted by Gasteiger charge is -2.19. The van der Waals surface area contributed by atoms with Gasteiger partial charge in [-0.15, -0.1) is 0 Å². The molecule has 3 N–H and O–H groups in total. The van der Waals surface area contributed by atoms with Crippen LogP contribution in [0, 0.1) is 0 Å². The van der Waals surface area contributed by atoms with Crippen molar-refractivity contribution < 1.29 is 27.9 Å². The molecule has 0 atom stereocenters. The third-order valence-corrected chi connectivity index (χ3v) is 2.50. The number of urea groups is 1. The minimum Gasteiger partial charge on any atom is -0.395 e. The zero-order chi connectivity index (χ0) is 14.5. The summed E-state index contributed by atoms with van der Waals surface area (Å²) < 4.78 is 35.4. The molecule has 0 unspecified atom stereocenters. The van der Waals surface area contributed by atoms with Crippen LogP contribution in [-0.4, -0.2) is 60.4 Å². The quantitative estimate of drug-likeness (QED) is 0.632. The summed E-state index contributed by atoms with van der Waals surface area (Å²) in [7, 11) is 0. The van der Waals surface area contributed by atoms with E-state index in [0.717, 1.165) is 12.8 Å². The summed E-state index contributed by atoms with van der Waals surface area (Å²) in [5, 5.41) is 12.2. The molecule has 19 heavy (non-hydrogen) atoms. The van der Waals surface area contributed by atoms with Crippen molar-refractivity contribution in [1.82, 2.24) is 15.5 Å². The summed E-state index contributed by atoms with van der Waals surface area (Å²) in [4.78, 5) is 24.1. The van der Waals surface area contributed by atoms with Crippen LogP contribution in [0.3, 0.4) is 0 Å². The summed E-state index contributed by atoms with van der Waals surface area (Å²) in [6.45, 7) is -1.44. The second-order valence-corrected chi connectivity index (χ2v) is 4.27. The molecule has 0 radical (unpaired) electrons. The topological polar surface area (TPSA) is 81.7 Å². The molecule has 0 saturated heterocycles. The van der Waals surface area contributed by atoms with Crippen LogP contribution in [0.25, 0.3) is 0 Å². The molecule has 1 aliphatic carbocycles. The molecule has 3 amide bonds. The second kappa shape index (κ2) is 6.71. The van der Waals surface area contributed by atoms with Gasteiger partial charge in [-0.3, -0.25) is 15.0 Å². The zero-order valence-corrected chi connectivity index (χ0v) is 10.2. The SMILES string of the molecule is O=C(CN(CCO)C1CC1)NC(=O)NCC(F)(F)F. The van der Waals surface area contributed by atoms with Gasteiger partial charge in [-0.05, 0) is 12.8 Å². The van der Waals surface area contributed by atoms with Gasteiger partial charge in [0.2, 0.25) is 5.91 Å². The van der Waals surface area contributed by atoms with Crippen LogP contribution in [0.1, 0.15) is 12.8 Å². The van der Waals surface area contributed by atoms with Gasteiger partial charge in [-0.2, -0.15) is 13.2 Å². The highest BCUT2D eigenvalue weighted by molar-refractivity contribution is 5.95. The molecule has 0 heterocycles. The van der Waals surface area contributed by atoms with E-state index in [9.17, 15) is 22.8 Å². The summed E-state index contributed by atoms with van der Waals surface area (Å²) >= 11 is 0. The fourth-order valence-electron chi connectivity index (χ4n) is 1.53. The normalized spacial score (nSPS) is 15.4. The molecule has 0 aliphatic heterocycles. The van der Waals surface area contributed by atoms with Gasteiger partial charge < -0.3 is 10.4 Å². The smallest absolute Gasteiger partial charge is 0.395 e. The van der Waals surface area contributed by atoms with Crippen molar-refractivity contribution in [2.75, 3.05) is 26.2 Å². The highest BCUT2D eigenvalue weighted by atomic mass is 19.4. The van der Waals surface area contributed by atoms with Gasteiger partial charge in [0, 0.05) is 12.6 Å². The van der Waals surface area contributed by atoms with E-state index in [2.05, 4.69) is 0 Å². The van der Waals surface area contributed by atoms with Crippen LogP contribution in [0.2, 0.25) is 0 Å². The Kier molecular flexibility index (Phi) is 5.55. The summed E-state index contributed by atoms with van der Waals surface area (Å²) in [6, 6.07) is -0.974. The van der Waals surface area contributed by atoms with Crippen LogP contribution in [0.4, 0.5) is 18.0 Å².